The van der Waals surface area contributed by atoms with Crippen molar-refractivity contribution in [2.45, 2.75) is 13.8 Å². The first kappa shape index (κ1) is 11.1. The van der Waals surface area contributed by atoms with Gasteiger partial charge in [-0.2, -0.15) is 5.26 Å². The van der Waals surface area contributed by atoms with Crippen LogP contribution in [0.15, 0.2) is 30.6 Å². The summed E-state index contributed by atoms with van der Waals surface area (Å²) in [5.74, 6) is 0.750. The summed E-state index contributed by atoms with van der Waals surface area (Å²) >= 11 is 0. The van der Waals surface area contributed by atoms with Crippen molar-refractivity contribution >= 4 is 5.78 Å². The van der Waals surface area contributed by atoms with Crippen LogP contribution >= 0.6 is 0 Å². The third kappa shape index (κ3) is 1.95. The Balaban J connectivity index is 2.70. The number of benzene rings is 1. The molecule has 84 valence electrons. The molecular weight excluding hydrogens is 214 g/mol. The highest BCUT2D eigenvalue weighted by Crippen LogP contribution is 2.18. The lowest BCUT2D eigenvalue weighted by atomic mass is 10.1. The first-order valence-corrected chi connectivity index (χ1v) is 5.19. The van der Waals surface area contributed by atoms with Crippen LogP contribution in [0.5, 0.6) is 0 Å². The number of hydrogen-bond donors (Lipinski definition) is 0. The molecule has 1 aromatic carbocycles. The second-order valence-corrected chi connectivity index (χ2v) is 3.74. The van der Waals surface area contributed by atoms with E-state index in [2.05, 4.69) is 11.1 Å². The molecule has 2 aromatic rings. The summed E-state index contributed by atoms with van der Waals surface area (Å²) in [6.07, 6.45) is 3.44. The van der Waals surface area contributed by atoms with Crippen molar-refractivity contribution in [2.75, 3.05) is 0 Å². The minimum atomic E-state index is -0.0300. The molecule has 0 aliphatic rings. The molecule has 0 atom stereocenters. The number of carbonyl (C=O) groups is 1. The van der Waals surface area contributed by atoms with Gasteiger partial charge in [0.25, 0.3) is 0 Å². The Morgan fingerprint density at radius 3 is 2.76 bits per heavy atom. The maximum Gasteiger partial charge on any atom is 0.161 e. The van der Waals surface area contributed by atoms with E-state index in [-0.39, 0.29) is 5.78 Å². The van der Waals surface area contributed by atoms with E-state index in [9.17, 15) is 4.79 Å². The SMILES string of the molecule is CC(=O)c1ccc(C#N)cc1-n1ccnc1C. The van der Waals surface area contributed by atoms with Crippen LogP contribution in [-0.4, -0.2) is 15.3 Å². The monoisotopic (exact) mass is 225 g/mol. The molecule has 2 rings (SSSR count). The molecule has 1 aromatic heterocycles. The maximum atomic E-state index is 11.6. The summed E-state index contributed by atoms with van der Waals surface area (Å²) in [4.78, 5) is 15.7. The number of hydrogen-bond acceptors (Lipinski definition) is 3. The smallest absolute Gasteiger partial charge is 0.161 e. The highest BCUT2D eigenvalue weighted by Gasteiger charge is 2.11. The zero-order chi connectivity index (χ0) is 12.4. The molecule has 0 unspecified atom stereocenters. The molecule has 4 heteroatoms. The van der Waals surface area contributed by atoms with E-state index in [0.29, 0.717) is 16.8 Å². The Labute approximate surface area is 99.1 Å². The lowest BCUT2D eigenvalue weighted by Crippen LogP contribution is -2.04. The average Bonchev–Trinajstić information content (AvgIpc) is 2.74. The summed E-state index contributed by atoms with van der Waals surface area (Å²) in [6, 6.07) is 7.09. The van der Waals surface area contributed by atoms with E-state index < -0.39 is 0 Å². The van der Waals surface area contributed by atoms with Crippen LogP contribution in [0.25, 0.3) is 5.69 Å². The summed E-state index contributed by atoms with van der Waals surface area (Å²) in [6.45, 7) is 3.36. The molecule has 0 amide bonds. The maximum absolute atomic E-state index is 11.6. The number of rotatable bonds is 2. The number of nitriles is 1. The molecule has 0 aliphatic heterocycles. The van der Waals surface area contributed by atoms with Crippen LogP contribution < -0.4 is 0 Å². The van der Waals surface area contributed by atoms with E-state index in [1.807, 2.05) is 6.92 Å². The zero-order valence-electron chi connectivity index (χ0n) is 9.64. The topological polar surface area (TPSA) is 58.7 Å². The second-order valence-electron chi connectivity index (χ2n) is 3.74. The molecular formula is C13H11N3O. The summed E-state index contributed by atoms with van der Waals surface area (Å²) in [5.41, 5.74) is 1.81. The van der Waals surface area contributed by atoms with E-state index in [0.717, 1.165) is 5.82 Å². The third-order valence-electron chi connectivity index (χ3n) is 2.59. The van der Waals surface area contributed by atoms with Gasteiger partial charge < -0.3 is 4.57 Å². The van der Waals surface area contributed by atoms with Crippen molar-refractivity contribution in [1.29, 1.82) is 5.26 Å². The number of Topliss-reactive ketones (excluding diaryl/α,β-unsaturated/α-hetero) is 1. The van der Waals surface area contributed by atoms with Gasteiger partial charge in [-0.3, -0.25) is 4.79 Å². The van der Waals surface area contributed by atoms with E-state index >= 15 is 0 Å². The van der Waals surface area contributed by atoms with Gasteiger partial charge in [-0.25, -0.2) is 4.98 Å². The zero-order valence-corrected chi connectivity index (χ0v) is 9.64. The standard InChI is InChI=1S/C13H11N3O/c1-9(17)12-4-3-11(8-14)7-13(12)16-6-5-15-10(16)2/h3-7H,1-2H3. The molecule has 0 radical (unpaired) electrons. The van der Waals surface area contributed by atoms with Crippen LogP contribution in [-0.2, 0) is 0 Å². The van der Waals surface area contributed by atoms with Crippen molar-refractivity contribution < 1.29 is 4.79 Å². The lowest BCUT2D eigenvalue weighted by molar-refractivity contribution is 0.101. The molecule has 0 N–H and O–H groups in total. The van der Waals surface area contributed by atoms with E-state index in [1.54, 1.807) is 35.2 Å². The quantitative estimate of drug-likeness (QED) is 0.736. The van der Waals surface area contributed by atoms with Gasteiger partial charge in [0.15, 0.2) is 5.78 Å². The van der Waals surface area contributed by atoms with Crippen molar-refractivity contribution in [3.05, 3.63) is 47.5 Å². The highest BCUT2D eigenvalue weighted by atomic mass is 16.1. The molecule has 0 spiro atoms. The Morgan fingerprint density at radius 1 is 1.47 bits per heavy atom. The van der Waals surface area contributed by atoms with Gasteiger partial charge in [-0.15, -0.1) is 0 Å². The summed E-state index contributed by atoms with van der Waals surface area (Å²) in [5, 5.41) is 8.90. The Bertz CT molecular complexity index is 620. The molecule has 0 saturated carbocycles. The number of aryl methyl sites for hydroxylation is 1. The number of imidazole rings is 1. The number of nitrogens with zero attached hydrogens (tertiary/aromatic N) is 3. The molecule has 0 bridgehead atoms. The molecule has 4 nitrogen and oxygen atoms in total. The Morgan fingerprint density at radius 2 is 2.24 bits per heavy atom. The van der Waals surface area contributed by atoms with Crippen molar-refractivity contribution in [2.24, 2.45) is 0 Å². The van der Waals surface area contributed by atoms with Gasteiger partial charge in [0.2, 0.25) is 0 Å². The Hall–Kier alpha value is -2.41. The van der Waals surface area contributed by atoms with E-state index in [1.165, 1.54) is 6.92 Å². The van der Waals surface area contributed by atoms with E-state index in [4.69, 9.17) is 5.26 Å². The second kappa shape index (κ2) is 4.22. The molecule has 0 aliphatic carbocycles. The normalized spacial score (nSPS) is 9.94. The van der Waals surface area contributed by atoms with Crippen LogP contribution in [0.3, 0.4) is 0 Å². The van der Waals surface area contributed by atoms with Crippen LogP contribution in [0.1, 0.15) is 28.7 Å². The minimum Gasteiger partial charge on any atom is -0.303 e. The van der Waals surface area contributed by atoms with Crippen molar-refractivity contribution in [1.82, 2.24) is 9.55 Å². The third-order valence-corrected chi connectivity index (χ3v) is 2.59. The molecule has 17 heavy (non-hydrogen) atoms. The first-order valence-electron chi connectivity index (χ1n) is 5.19. The fraction of sp³-hybridized carbons (Fsp3) is 0.154. The number of carbonyl (C=O) groups excluding carboxylic acids is 1. The van der Waals surface area contributed by atoms with Gasteiger partial charge in [0, 0.05) is 18.0 Å². The largest absolute Gasteiger partial charge is 0.303 e. The fourth-order valence-electron chi connectivity index (χ4n) is 1.73. The van der Waals surface area contributed by atoms with Crippen LogP contribution in [0.2, 0.25) is 0 Å². The molecule has 1 heterocycles. The summed E-state index contributed by atoms with van der Waals surface area (Å²) < 4.78 is 1.80. The first-order chi connectivity index (χ1) is 8.13. The van der Waals surface area contributed by atoms with Gasteiger partial charge in [-0.05, 0) is 32.0 Å². The number of aromatic nitrogens is 2. The minimum absolute atomic E-state index is 0.0300. The average molecular weight is 225 g/mol. The predicted molar refractivity (Wildman–Crippen MR) is 63.0 cm³/mol. The predicted octanol–water partition coefficient (Wildman–Crippen LogP) is 2.25. The highest BCUT2D eigenvalue weighted by molar-refractivity contribution is 5.97. The molecule has 0 fully saturated rings. The Kier molecular flexibility index (Phi) is 2.75. The van der Waals surface area contributed by atoms with Crippen LogP contribution in [0.4, 0.5) is 0 Å². The fourth-order valence-corrected chi connectivity index (χ4v) is 1.73. The van der Waals surface area contributed by atoms with Gasteiger partial charge in [0.1, 0.15) is 5.82 Å². The molecule has 0 saturated heterocycles. The van der Waals surface area contributed by atoms with Crippen LogP contribution in [0, 0.1) is 18.3 Å². The van der Waals surface area contributed by atoms with Gasteiger partial charge in [-0.1, -0.05) is 0 Å². The van der Waals surface area contributed by atoms with Crippen molar-refractivity contribution in [3.8, 4) is 11.8 Å². The van der Waals surface area contributed by atoms with Crippen molar-refractivity contribution in [3.63, 3.8) is 0 Å². The number of ketones is 1. The van der Waals surface area contributed by atoms with Gasteiger partial charge >= 0.3 is 0 Å². The summed E-state index contributed by atoms with van der Waals surface area (Å²) in [7, 11) is 0. The van der Waals surface area contributed by atoms with Gasteiger partial charge in [0.05, 0.1) is 17.3 Å². The lowest BCUT2D eigenvalue weighted by Gasteiger charge is -2.10.